The molecule has 5 rings (SSSR count). The molecule has 0 aliphatic heterocycles. The minimum Gasteiger partial charge on any atom is -0.307 e. The third-order valence-electron chi connectivity index (χ3n) is 6.19. The number of rotatable bonds is 5. The molecule has 3 atom stereocenters. The molecule has 8 heteroatoms. The van der Waals surface area contributed by atoms with Crippen molar-refractivity contribution in [2.24, 2.45) is 11.8 Å². The second-order valence-corrected chi connectivity index (χ2v) is 7.83. The Hall–Kier alpha value is -2.38. The van der Waals surface area contributed by atoms with Crippen molar-refractivity contribution >= 4 is 0 Å². The number of hydrogen-bond acceptors (Lipinski definition) is 6. The van der Waals surface area contributed by atoms with Gasteiger partial charge in [0.25, 0.3) is 10.2 Å². The highest BCUT2D eigenvalue weighted by molar-refractivity contribution is 5.27. The zero-order valence-corrected chi connectivity index (χ0v) is 13.7. The van der Waals surface area contributed by atoms with Gasteiger partial charge >= 0.3 is 0 Å². The third kappa shape index (κ3) is 2.79. The fourth-order valence-electron chi connectivity index (χ4n) is 5.82. The number of nitrogens with zero attached hydrogens (tertiary/aromatic N) is 2. The lowest BCUT2D eigenvalue weighted by Crippen LogP contribution is -2.47. The number of fused-ring (bicyclic) bond motifs is 1. The summed E-state index contributed by atoms with van der Waals surface area (Å²) < 4.78 is 0. The normalized spacial score (nSPS) is 38.8. The molecule has 1 aromatic carbocycles. The molecule has 0 aromatic heterocycles. The second kappa shape index (κ2) is 5.57. The maximum atomic E-state index is 11.3. The molecule has 4 fully saturated rings. The smallest absolute Gasteiger partial charge is 0.295 e. The van der Waals surface area contributed by atoms with Crippen molar-refractivity contribution in [2.75, 3.05) is 0 Å². The van der Waals surface area contributed by atoms with Gasteiger partial charge in [-0.3, -0.25) is 0 Å². The summed E-state index contributed by atoms with van der Waals surface area (Å²) in [4.78, 5) is 33.0. The molecular formula is C17H20N2O6. The van der Waals surface area contributed by atoms with E-state index in [0.29, 0.717) is 32.1 Å². The Kier molecular flexibility index (Phi) is 3.59. The van der Waals surface area contributed by atoms with Gasteiger partial charge in [0.2, 0.25) is 0 Å². The van der Waals surface area contributed by atoms with E-state index in [1.54, 1.807) is 0 Å². The first-order valence-electron chi connectivity index (χ1n) is 8.62. The van der Waals surface area contributed by atoms with Gasteiger partial charge in [-0.2, -0.15) is 0 Å². The van der Waals surface area contributed by atoms with Crippen LogP contribution in [-0.2, 0) is 9.68 Å². The highest BCUT2D eigenvalue weighted by Gasteiger charge is 2.61. The minimum absolute atomic E-state index is 0.154. The molecule has 0 radical (unpaired) electrons. The molecule has 4 aliphatic carbocycles. The predicted molar refractivity (Wildman–Crippen MR) is 85.5 cm³/mol. The first kappa shape index (κ1) is 16.1. The SMILES string of the molecule is O=[N+]([O-])OC12CC3CC(C1)CC(O[N+](=O)[O-])(C3)C(c1ccccc1)C2. The van der Waals surface area contributed by atoms with Gasteiger partial charge in [-0.15, -0.1) is 20.2 Å². The van der Waals surface area contributed by atoms with E-state index in [1.165, 1.54) is 0 Å². The Labute approximate surface area is 144 Å². The molecule has 25 heavy (non-hydrogen) atoms. The van der Waals surface area contributed by atoms with Gasteiger partial charge < -0.3 is 9.68 Å². The molecule has 1 aromatic rings. The zero-order chi connectivity index (χ0) is 17.7. The maximum Gasteiger partial charge on any atom is 0.295 e. The summed E-state index contributed by atoms with van der Waals surface area (Å²) >= 11 is 0. The molecule has 8 nitrogen and oxygen atoms in total. The van der Waals surface area contributed by atoms with E-state index >= 15 is 0 Å². The Balaban J connectivity index is 1.81. The molecule has 0 amide bonds. The van der Waals surface area contributed by atoms with E-state index in [-0.39, 0.29) is 17.8 Å². The summed E-state index contributed by atoms with van der Waals surface area (Å²) in [6, 6.07) is 9.48. The highest BCUT2D eigenvalue weighted by atomic mass is 17.0. The van der Waals surface area contributed by atoms with Gasteiger partial charge in [-0.05, 0) is 55.9 Å². The lowest BCUT2D eigenvalue weighted by atomic mass is 9.64. The van der Waals surface area contributed by atoms with Gasteiger partial charge in [0.15, 0.2) is 0 Å². The van der Waals surface area contributed by atoms with Crippen LogP contribution in [0.5, 0.6) is 0 Å². The van der Waals surface area contributed by atoms with Crippen LogP contribution in [0.15, 0.2) is 30.3 Å². The quantitative estimate of drug-likeness (QED) is 0.597. The fraction of sp³-hybridized carbons (Fsp3) is 0.647. The zero-order valence-electron chi connectivity index (χ0n) is 13.7. The van der Waals surface area contributed by atoms with E-state index in [9.17, 15) is 20.2 Å². The first-order valence-corrected chi connectivity index (χ1v) is 8.62. The fourth-order valence-corrected chi connectivity index (χ4v) is 5.82. The minimum atomic E-state index is -0.920. The topological polar surface area (TPSA) is 105 Å². The largest absolute Gasteiger partial charge is 0.307 e. The summed E-state index contributed by atoms with van der Waals surface area (Å²) in [6.07, 6.45) is 3.54. The molecular weight excluding hydrogens is 328 g/mol. The molecule has 4 aliphatic rings. The summed E-state index contributed by atoms with van der Waals surface area (Å²) in [5, 5.41) is 21.0. The Morgan fingerprint density at radius 1 is 0.880 bits per heavy atom. The van der Waals surface area contributed by atoms with E-state index in [2.05, 4.69) is 0 Å². The second-order valence-electron chi connectivity index (χ2n) is 7.83. The molecule has 134 valence electrons. The molecule has 0 N–H and O–H groups in total. The van der Waals surface area contributed by atoms with Gasteiger partial charge in [-0.1, -0.05) is 30.3 Å². The van der Waals surface area contributed by atoms with Gasteiger partial charge in [-0.25, -0.2) is 0 Å². The van der Waals surface area contributed by atoms with Crippen molar-refractivity contribution < 1.29 is 19.8 Å². The van der Waals surface area contributed by atoms with Gasteiger partial charge in [0.1, 0.15) is 11.2 Å². The first-order chi connectivity index (χ1) is 11.9. The summed E-state index contributed by atoms with van der Waals surface area (Å²) in [7, 11) is 0. The molecule has 4 saturated carbocycles. The molecule has 0 heterocycles. The van der Waals surface area contributed by atoms with E-state index in [1.807, 2.05) is 30.3 Å². The van der Waals surface area contributed by atoms with Crippen LogP contribution in [0.3, 0.4) is 0 Å². The predicted octanol–water partition coefficient (Wildman–Crippen LogP) is 3.28. The number of benzene rings is 1. The summed E-state index contributed by atoms with van der Waals surface area (Å²) in [5.74, 6) is 0.0107. The van der Waals surface area contributed by atoms with E-state index in [4.69, 9.17) is 9.68 Å². The van der Waals surface area contributed by atoms with Crippen molar-refractivity contribution in [3.05, 3.63) is 56.1 Å². The van der Waals surface area contributed by atoms with Crippen molar-refractivity contribution in [2.45, 2.75) is 55.6 Å². The van der Waals surface area contributed by atoms with Crippen molar-refractivity contribution in [1.82, 2.24) is 0 Å². The van der Waals surface area contributed by atoms with Crippen LogP contribution >= 0.6 is 0 Å². The van der Waals surface area contributed by atoms with Gasteiger partial charge in [0.05, 0.1) is 0 Å². The molecule has 0 spiro atoms. The number of hydrogen-bond donors (Lipinski definition) is 0. The average Bonchev–Trinajstić information content (AvgIpc) is 2.65. The van der Waals surface area contributed by atoms with Crippen LogP contribution in [0.4, 0.5) is 0 Å². The monoisotopic (exact) mass is 348 g/mol. The summed E-state index contributed by atoms with van der Waals surface area (Å²) in [6.45, 7) is 0. The van der Waals surface area contributed by atoms with Gasteiger partial charge in [0, 0.05) is 5.92 Å². The Morgan fingerprint density at radius 2 is 1.48 bits per heavy atom. The Bertz CT molecular complexity index is 680. The third-order valence-corrected chi connectivity index (χ3v) is 6.19. The summed E-state index contributed by atoms with van der Waals surface area (Å²) in [5.41, 5.74) is -0.865. The van der Waals surface area contributed by atoms with Crippen molar-refractivity contribution in [1.29, 1.82) is 0 Å². The average molecular weight is 348 g/mol. The van der Waals surface area contributed by atoms with Crippen LogP contribution < -0.4 is 0 Å². The highest BCUT2D eigenvalue weighted by Crippen LogP contribution is 2.61. The van der Waals surface area contributed by atoms with Crippen LogP contribution in [-0.4, -0.2) is 21.4 Å². The van der Waals surface area contributed by atoms with Crippen LogP contribution in [0, 0.1) is 32.1 Å². The molecule has 4 bridgehead atoms. The van der Waals surface area contributed by atoms with Crippen molar-refractivity contribution in [3.8, 4) is 0 Å². The van der Waals surface area contributed by atoms with Crippen LogP contribution in [0.25, 0.3) is 0 Å². The van der Waals surface area contributed by atoms with Crippen molar-refractivity contribution in [3.63, 3.8) is 0 Å². The standard InChI is InChI=1S/C17H20N2O6/c20-18(21)24-16-7-12-6-13(8-16)10-17(9-12,25-19(22)23)15(11-16)14-4-2-1-3-5-14/h1-5,12-13,15H,6-11H2. The maximum absolute atomic E-state index is 11.3. The van der Waals surface area contributed by atoms with E-state index in [0.717, 1.165) is 12.0 Å². The lowest BCUT2D eigenvalue weighted by Gasteiger charge is -2.47. The van der Waals surface area contributed by atoms with Crippen LogP contribution in [0.2, 0.25) is 0 Å². The Morgan fingerprint density at radius 3 is 2.04 bits per heavy atom. The molecule has 3 unspecified atom stereocenters. The van der Waals surface area contributed by atoms with E-state index < -0.39 is 21.4 Å². The lowest BCUT2D eigenvalue weighted by molar-refractivity contribution is -0.784. The molecule has 0 saturated heterocycles. The van der Waals surface area contributed by atoms with Crippen LogP contribution in [0.1, 0.15) is 50.0 Å².